The number of carboxylic acids is 1. The van der Waals surface area contributed by atoms with E-state index >= 15 is 0 Å². The van der Waals surface area contributed by atoms with Gasteiger partial charge in [0.25, 0.3) is 0 Å². The number of hydrogen-bond donors (Lipinski definition) is 2. The highest BCUT2D eigenvalue weighted by Gasteiger charge is 2.25. The third-order valence-electron chi connectivity index (χ3n) is 2.83. The molecule has 1 aliphatic carbocycles. The standard InChI is InChI=1S/C12H13FO4/c13-10-5-7(12(15)16)1-4-11(10)17-9-3-2-8(14)6-9/h1,4-5,8-9,14H,2-3,6H2,(H,15,16). The monoisotopic (exact) mass is 240 g/mol. The number of halogens is 1. The van der Waals surface area contributed by atoms with Gasteiger partial charge in [-0.1, -0.05) is 0 Å². The van der Waals surface area contributed by atoms with E-state index in [1.807, 2.05) is 0 Å². The molecule has 17 heavy (non-hydrogen) atoms. The minimum atomic E-state index is -1.17. The van der Waals surface area contributed by atoms with Crippen molar-refractivity contribution in [1.29, 1.82) is 0 Å². The first-order chi connectivity index (χ1) is 8.06. The molecule has 2 N–H and O–H groups in total. The fourth-order valence-corrected chi connectivity index (χ4v) is 1.93. The van der Waals surface area contributed by atoms with Crippen molar-refractivity contribution >= 4 is 5.97 Å². The summed E-state index contributed by atoms with van der Waals surface area (Å²) < 4.78 is 18.9. The summed E-state index contributed by atoms with van der Waals surface area (Å²) in [6, 6.07) is 3.54. The van der Waals surface area contributed by atoms with Gasteiger partial charge in [0.1, 0.15) is 6.10 Å². The second-order valence-corrected chi connectivity index (χ2v) is 4.16. The summed E-state index contributed by atoms with van der Waals surface area (Å²) in [5, 5.41) is 18.0. The number of aromatic carboxylic acids is 1. The Labute approximate surface area is 97.6 Å². The van der Waals surface area contributed by atoms with E-state index in [0.29, 0.717) is 19.3 Å². The van der Waals surface area contributed by atoms with E-state index in [4.69, 9.17) is 9.84 Å². The van der Waals surface area contributed by atoms with Crippen molar-refractivity contribution in [2.45, 2.75) is 31.5 Å². The summed E-state index contributed by atoms with van der Waals surface area (Å²) in [4.78, 5) is 10.6. The molecule has 0 saturated heterocycles. The van der Waals surface area contributed by atoms with Gasteiger partial charge in [0, 0.05) is 6.42 Å². The topological polar surface area (TPSA) is 66.8 Å². The van der Waals surface area contributed by atoms with Gasteiger partial charge in [-0.15, -0.1) is 0 Å². The molecule has 2 atom stereocenters. The Kier molecular flexibility index (Phi) is 3.28. The molecular weight excluding hydrogens is 227 g/mol. The lowest BCUT2D eigenvalue weighted by Gasteiger charge is -2.13. The van der Waals surface area contributed by atoms with E-state index in [1.165, 1.54) is 12.1 Å². The van der Waals surface area contributed by atoms with E-state index in [2.05, 4.69) is 0 Å². The Morgan fingerprint density at radius 3 is 2.71 bits per heavy atom. The number of carbonyl (C=O) groups is 1. The van der Waals surface area contributed by atoms with Crippen molar-refractivity contribution in [3.8, 4) is 5.75 Å². The Hall–Kier alpha value is -1.62. The second-order valence-electron chi connectivity index (χ2n) is 4.16. The molecule has 2 rings (SSSR count). The first-order valence-electron chi connectivity index (χ1n) is 5.44. The van der Waals surface area contributed by atoms with Crippen molar-refractivity contribution in [1.82, 2.24) is 0 Å². The Morgan fingerprint density at radius 2 is 2.18 bits per heavy atom. The summed E-state index contributed by atoms with van der Waals surface area (Å²) in [5.41, 5.74) is -0.110. The van der Waals surface area contributed by atoms with Crippen LogP contribution in [0.3, 0.4) is 0 Å². The molecule has 0 amide bonds. The predicted molar refractivity (Wildman–Crippen MR) is 57.6 cm³/mol. The Morgan fingerprint density at radius 1 is 1.41 bits per heavy atom. The summed E-state index contributed by atoms with van der Waals surface area (Å²) in [6.07, 6.45) is 1.23. The molecule has 0 aliphatic heterocycles. The van der Waals surface area contributed by atoms with E-state index in [-0.39, 0.29) is 23.5 Å². The molecule has 1 aliphatic rings. The molecule has 0 spiro atoms. The number of rotatable bonds is 3. The van der Waals surface area contributed by atoms with Gasteiger partial charge in [-0.05, 0) is 31.0 Å². The first-order valence-corrected chi connectivity index (χ1v) is 5.44. The van der Waals surface area contributed by atoms with Gasteiger partial charge >= 0.3 is 5.97 Å². The van der Waals surface area contributed by atoms with Crippen LogP contribution in [0.15, 0.2) is 18.2 Å². The Bertz CT molecular complexity index is 433. The quantitative estimate of drug-likeness (QED) is 0.845. The molecule has 1 aromatic carbocycles. The van der Waals surface area contributed by atoms with Gasteiger partial charge in [0.2, 0.25) is 0 Å². The maximum absolute atomic E-state index is 13.5. The average molecular weight is 240 g/mol. The van der Waals surface area contributed by atoms with Crippen molar-refractivity contribution < 1.29 is 24.1 Å². The number of hydrogen-bond acceptors (Lipinski definition) is 3. The zero-order valence-corrected chi connectivity index (χ0v) is 9.10. The van der Waals surface area contributed by atoms with Crippen LogP contribution >= 0.6 is 0 Å². The molecule has 1 aromatic rings. The summed E-state index contributed by atoms with van der Waals surface area (Å²) in [6.45, 7) is 0. The smallest absolute Gasteiger partial charge is 0.335 e. The average Bonchev–Trinajstić information content (AvgIpc) is 2.67. The number of carboxylic acid groups (broad SMARTS) is 1. The highest BCUT2D eigenvalue weighted by atomic mass is 19.1. The van der Waals surface area contributed by atoms with Crippen LogP contribution in [0.2, 0.25) is 0 Å². The van der Waals surface area contributed by atoms with E-state index in [0.717, 1.165) is 6.07 Å². The Balaban J connectivity index is 2.09. The SMILES string of the molecule is O=C(O)c1ccc(OC2CCC(O)C2)c(F)c1. The van der Waals surface area contributed by atoms with Gasteiger partial charge in [-0.2, -0.15) is 0 Å². The van der Waals surface area contributed by atoms with Crippen molar-refractivity contribution in [3.63, 3.8) is 0 Å². The molecule has 0 heterocycles. The van der Waals surface area contributed by atoms with Crippen molar-refractivity contribution in [3.05, 3.63) is 29.6 Å². The van der Waals surface area contributed by atoms with Gasteiger partial charge in [0.05, 0.1) is 11.7 Å². The maximum Gasteiger partial charge on any atom is 0.335 e. The lowest BCUT2D eigenvalue weighted by molar-refractivity contribution is 0.0696. The van der Waals surface area contributed by atoms with Crippen molar-refractivity contribution in [2.24, 2.45) is 0 Å². The molecular formula is C12H13FO4. The second kappa shape index (κ2) is 4.71. The first kappa shape index (κ1) is 11.9. The van der Waals surface area contributed by atoms with Gasteiger partial charge in [-0.25, -0.2) is 9.18 Å². The lowest BCUT2D eigenvalue weighted by atomic mass is 10.2. The van der Waals surface area contributed by atoms with E-state index < -0.39 is 11.8 Å². The van der Waals surface area contributed by atoms with Crippen LogP contribution in [0.4, 0.5) is 4.39 Å². The van der Waals surface area contributed by atoms with Crippen LogP contribution in [-0.4, -0.2) is 28.4 Å². The molecule has 92 valence electrons. The molecule has 4 nitrogen and oxygen atoms in total. The minimum Gasteiger partial charge on any atom is -0.487 e. The van der Waals surface area contributed by atoms with Crippen molar-refractivity contribution in [2.75, 3.05) is 0 Å². The number of aliphatic hydroxyl groups excluding tert-OH is 1. The van der Waals surface area contributed by atoms with Crippen LogP contribution in [0.5, 0.6) is 5.75 Å². The molecule has 0 aromatic heterocycles. The highest BCUT2D eigenvalue weighted by Crippen LogP contribution is 2.26. The number of aliphatic hydroxyl groups is 1. The van der Waals surface area contributed by atoms with Gasteiger partial charge < -0.3 is 14.9 Å². The van der Waals surface area contributed by atoms with Crippen LogP contribution < -0.4 is 4.74 Å². The van der Waals surface area contributed by atoms with Gasteiger partial charge in [0.15, 0.2) is 11.6 Å². The zero-order chi connectivity index (χ0) is 12.4. The van der Waals surface area contributed by atoms with Crippen LogP contribution in [0.25, 0.3) is 0 Å². The summed E-state index contributed by atoms with van der Waals surface area (Å²) in [7, 11) is 0. The molecule has 2 unspecified atom stereocenters. The largest absolute Gasteiger partial charge is 0.487 e. The van der Waals surface area contributed by atoms with Crippen LogP contribution in [-0.2, 0) is 0 Å². The summed E-state index contributed by atoms with van der Waals surface area (Å²) in [5.74, 6) is -1.83. The fraction of sp³-hybridized carbons (Fsp3) is 0.417. The third kappa shape index (κ3) is 2.74. The maximum atomic E-state index is 13.5. The molecule has 5 heteroatoms. The normalized spacial score (nSPS) is 23.6. The molecule has 0 radical (unpaired) electrons. The van der Waals surface area contributed by atoms with Gasteiger partial charge in [-0.3, -0.25) is 0 Å². The van der Waals surface area contributed by atoms with Crippen LogP contribution in [0, 0.1) is 5.82 Å². The number of benzene rings is 1. The zero-order valence-electron chi connectivity index (χ0n) is 9.10. The molecule has 1 fully saturated rings. The third-order valence-corrected chi connectivity index (χ3v) is 2.83. The number of ether oxygens (including phenoxy) is 1. The highest BCUT2D eigenvalue weighted by molar-refractivity contribution is 5.87. The lowest BCUT2D eigenvalue weighted by Crippen LogP contribution is -2.14. The summed E-state index contributed by atoms with van der Waals surface area (Å²) >= 11 is 0. The van der Waals surface area contributed by atoms with Crippen LogP contribution in [0.1, 0.15) is 29.6 Å². The fourth-order valence-electron chi connectivity index (χ4n) is 1.93. The molecule has 0 bridgehead atoms. The van der Waals surface area contributed by atoms with E-state index in [9.17, 15) is 14.3 Å². The molecule has 1 saturated carbocycles. The van der Waals surface area contributed by atoms with E-state index in [1.54, 1.807) is 0 Å². The predicted octanol–water partition coefficient (Wildman–Crippen LogP) is 1.82. The minimum absolute atomic E-state index is 0.0362.